The molecule has 3 rings (SSSR count). The normalized spacial score (nSPS) is 12.6. The second-order valence-corrected chi connectivity index (χ2v) is 10.2. The van der Waals surface area contributed by atoms with Crippen molar-refractivity contribution in [1.29, 1.82) is 0 Å². The lowest BCUT2D eigenvalue weighted by Crippen LogP contribution is -2.38. The Morgan fingerprint density at radius 1 is 1.39 bits per heavy atom. The Morgan fingerprint density at radius 3 is 2.81 bits per heavy atom. The number of carbonyl (C=O) groups excluding carboxylic acids is 1. The molecular weight excluding hydrogens is 509 g/mol. The molecule has 31 heavy (non-hydrogen) atoms. The van der Waals surface area contributed by atoms with Gasteiger partial charge in [-0.3, -0.25) is 4.98 Å². The van der Waals surface area contributed by atoms with E-state index in [0.717, 1.165) is 14.0 Å². The van der Waals surface area contributed by atoms with Gasteiger partial charge in [0.2, 0.25) is 5.28 Å². The molecule has 0 fully saturated rings. The first-order chi connectivity index (χ1) is 14.5. The topological polar surface area (TPSA) is 89.0 Å². The van der Waals surface area contributed by atoms with Crippen LogP contribution < -0.4 is 10.6 Å². The maximum Gasteiger partial charge on any atom is 0.407 e. The van der Waals surface area contributed by atoms with Crippen molar-refractivity contribution in [2.45, 2.75) is 52.3 Å². The van der Waals surface area contributed by atoms with E-state index in [1.165, 1.54) is 23.7 Å². The van der Waals surface area contributed by atoms with Crippen LogP contribution in [0.15, 0.2) is 22.9 Å². The van der Waals surface area contributed by atoms with Crippen molar-refractivity contribution in [3.8, 4) is 0 Å². The van der Waals surface area contributed by atoms with Crippen LogP contribution in [0.5, 0.6) is 0 Å². The van der Waals surface area contributed by atoms with E-state index in [1.807, 2.05) is 27.7 Å². The summed E-state index contributed by atoms with van der Waals surface area (Å²) >= 11 is 11.2. The molecule has 7 nitrogen and oxygen atoms in total. The molecule has 0 aliphatic heterocycles. The third-order valence-electron chi connectivity index (χ3n) is 4.07. The van der Waals surface area contributed by atoms with Crippen molar-refractivity contribution >= 4 is 61.0 Å². The van der Waals surface area contributed by atoms with Crippen molar-refractivity contribution in [2.24, 2.45) is 0 Å². The molecule has 0 aromatic carbocycles. The molecule has 11 heteroatoms. The first-order valence-electron chi connectivity index (χ1n) is 9.49. The van der Waals surface area contributed by atoms with Gasteiger partial charge in [-0.05, 0) is 61.3 Å². The average Bonchev–Trinajstić information content (AvgIpc) is 2.95. The molecule has 0 saturated carbocycles. The van der Waals surface area contributed by atoms with E-state index in [2.05, 4.69) is 41.5 Å². The molecule has 0 spiro atoms. The average molecular weight is 531 g/mol. The minimum absolute atomic E-state index is 0.0789. The number of thiophene rings is 1. The summed E-state index contributed by atoms with van der Waals surface area (Å²) in [5.41, 5.74) is 0.550. The highest BCUT2D eigenvalue weighted by molar-refractivity contribution is 9.10. The summed E-state index contributed by atoms with van der Waals surface area (Å²) in [6, 6.07) is 1.42. The highest BCUT2D eigenvalue weighted by Gasteiger charge is 2.21. The number of carbonyl (C=O) groups is 1. The number of ether oxygens (including phenoxy) is 1. The van der Waals surface area contributed by atoms with Crippen molar-refractivity contribution in [3.05, 3.63) is 44.5 Å². The van der Waals surface area contributed by atoms with Gasteiger partial charge in [0.15, 0.2) is 0 Å². The number of hydrogen-bond donors (Lipinski definition) is 2. The van der Waals surface area contributed by atoms with Crippen molar-refractivity contribution < 1.29 is 13.9 Å². The van der Waals surface area contributed by atoms with E-state index < -0.39 is 17.5 Å². The van der Waals surface area contributed by atoms with E-state index >= 15 is 0 Å². The second kappa shape index (κ2) is 9.62. The fourth-order valence-corrected chi connectivity index (χ4v) is 5.00. The summed E-state index contributed by atoms with van der Waals surface area (Å²) in [4.78, 5) is 25.4. The number of fused-ring (bicyclic) bond motifs is 1. The summed E-state index contributed by atoms with van der Waals surface area (Å²) < 4.78 is 20.8. The molecule has 1 amide bonds. The molecule has 1 atom stereocenters. The van der Waals surface area contributed by atoms with Gasteiger partial charge in [0.05, 0.1) is 15.4 Å². The predicted octanol–water partition coefficient (Wildman–Crippen LogP) is 5.71. The van der Waals surface area contributed by atoms with Crippen LogP contribution in [-0.2, 0) is 17.7 Å². The highest BCUT2D eigenvalue weighted by Crippen LogP contribution is 2.39. The van der Waals surface area contributed by atoms with Crippen LogP contribution in [0.4, 0.5) is 15.0 Å². The molecule has 0 aliphatic rings. The van der Waals surface area contributed by atoms with Crippen LogP contribution in [0.25, 0.3) is 10.2 Å². The standard InChI is InChI=1S/C20H22BrClFN5O2S/c1-10(26-19(29)30-20(2,3)4)7-13-14(21)15-16(31-13)17(28-18(22)27-15)25-8-11-5-6-24-9-12(11)23/h5-6,9-10H,7-8H2,1-4H3,(H,26,29)(H,25,27,28). The monoisotopic (exact) mass is 529 g/mol. The first-order valence-corrected chi connectivity index (χ1v) is 11.5. The van der Waals surface area contributed by atoms with Crippen LogP contribution in [0.2, 0.25) is 5.28 Å². The lowest BCUT2D eigenvalue weighted by molar-refractivity contribution is 0.0508. The largest absolute Gasteiger partial charge is 0.444 e. The summed E-state index contributed by atoms with van der Waals surface area (Å²) in [6.45, 7) is 7.56. The van der Waals surface area contributed by atoms with E-state index in [9.17, 15) is 9.18 Å². The third kappa shape index (κ3) is 6.24. The van der Waals surface area contributed by atoms with Gasteiger partial charge in [0.25, 0.3) is 0 Å². The highest BCUT2D eigenvalue weighted by atomic mass is 79.9. The van der Waals surface area contributed by atoms with Gasteiger partial charge in [-0.15, -0.1) is 11.3 Å². The Labute approximate surface area is 196 Å². The molecule has 0 saturated heterocycles. The van der Waals surface area contributed by atoms with Gasteiger partial charge in [0, 0.05) is 35.6 Å². The molecular formula is C20H22BrClFN5O2S. The van der Waals surface area contributed by atoms with Crippen LogP contribution in [0.3, 0.4) is 0 Å². The van der Waals surface area contributed by atoms with Crippen LogP contribution in [0, 0.1) is 5.82 Å². The van der Waals surface area contributed by atoms with Gasteiger partial charge >= 0.3 is 6.09 Å². The van der Waals surface area contributed by atoms with Crippen molar-refractivity contribution in [2.75, 3.05) is 5.32 Å². The van der Waals surface area contributed by atoms with Crippen molar-refractivity contribution in [1.82, 2.24) is 20.3 Å². The van der Waals surface area contributed by atoms with Gasteiger partial charge < -0.3 is 15.4 Å². The number of amides is 1. The SMILES string of the molecule is CC(Cc1sc2c(NCc3ccncc3F)nc(Cl)nc2c1Br)NC(=O)OC(C)(C)C. The maximum atomic E-state index is 13.9. The summed E-state index contributed by atoms with van der Waals surface area (Å²) in [5.74, 6) is 0.109. The molecule has 3 aromatic rings. The van der Waals surface area contributed by atoms with Gasteiger partial charge in [-0.25, -0.2) is 14.2 Å². The Kier molecular flexibility index (Phi) is 7.33. The molecule has 166 valence electrons. The quantitative estimate of drug-likeness (QED) is 0.397. The molecule has 2 N–H and O–H groups in total. The van der Waals surface area contributed by atoms with Gasteiger partial charge in [-0.1, -0.05) is 0 Å². The summed E-state index contributed by atoms with van der Waals surface area (Å²) in [6.07, 6.45) is 2.78. The Bertz CT molecular complexity index is 1110. The number of hydrogen-bond acceptors (Lipinski definition) is 7. The summed E-state index contributed by atoms with van der Waals surface area (Å²) in [5, 5.41) is 6.05. The third-order valence-corrected chi connectivity index (χ3v) is 6.57. The number of nitrogens with zero attached hydrogens (tertiary/aromatic N) is 3. The smallest absolute Gasteiger partial charge is 0.407 e. The molecule has 0 aliphatic carbocycles. The fourth-order valence-electron chi connectivity index (χ4n) is 2.78. The lowest BCUT2D eigenvalue weighted by atomic mass is 10.2. The molecule has 0 radical (unpaired) electrons. The Hall–Kier alpha value is -2.04. The first kappa shape index (κ1) is 23.6. The lowest BCUT2D eigenvalue weighted by Gasteiger charge is -2.21. The number of anilines is 1. The van der Waals surface area contributed by atoms with Crippen LogP contribution >= 0.6 is 38.9 Å². The van der Waals surface area contributed by atoms with Crippen LogP contribution in [-0.4, -0.2) is 32.7 Å². The molecule has 1 unspecified atom stereocenters. The van der Waals surface area contributed by atoms with Gasteiger partial charge in [-0.2, -0.15) is 4.98 Å². The van der Waals surface area contributed by atoms with E-state index in [0.29, 0.717) is 23.3 Å². The minimum atomic E-state index is -0.566. The molecule has 3 aromatic heterocycles. The predicted molar refractivity (Wildman–Crippen MR) is 124 cm³/mol. The number of aromatic nitrogens is 3. The maximum absolute atomic E-state index is 13.9. The Morgan fingerprint density at radius 2 is 2.13 bits per heavy atom. The zero-order chi connectivity index (χ0) is 22.8. The number of alkyl carbamates (subject to hydrolysis) is 1. The Balaban J connectivity index is 1.80. The van der Waals surface area contributed by atoms with Gasteiger partial charge in [0.1, 0.15) is 22.8 Å². The zero-order valence-corrected chi connectivity index (χ0v) is 20.6. The van der Waals surface area contributed by atoms with Crippen LogP contribution in [0.1, 0.15) is 38.1 Å². The second-order valence-electron chi connectivity index (χ2n) is 7.93. The summed E-state index contributed by atoms with van der Waals surface area (Å²) in [7, 11) is 0. The van der Waals surface area contributed by atoms with E-state index in [4.69, 9.17) is 16.3 Å². The number of nitrogens with one attached hydrogen (secondary N) is 2. The zero-order valence-electron chi connectivity index (χ0n) is 17.4. The number of pyridine rings is 1. The fraction of sp³-hybridized carbons (Fsp3) is 0.400. The van der Waals surface area contributed by atoms with E-state index in [1.54, 1.807) is 6.07 Å². The molecule has 3 heterocycles. The van der Waals surface area contributed by atoms with Crippen molar-refractivity contribution in [3.63, 3.8) is 0 Å². The number of rotatable bonds is 6. The minimum Gasteiger partial charge on any atom is -0.444 e. The van der Waals surface area contributed by atoms with E-state index in [-0.39, 0.29) is 17.9 Å². The molecule has 0 bridgehead atoms. The number of halogens is 3.